The van der Waals surface area contributed by atoms with Crippen LogP contribution in [-0.4, -0.2) is 34.0 Å². The van der Waals surface area contributed by atoms with E-state index in [4.69, 9.17) is 4.74 Å². The van der Waals surface area contributed by atoms with Crippen molar-refractivity contribution in [3.05, 3.63) is 77.1 Å². The van der Waals surface area contributed by atoms with E-state index in [1.165, 1.54) is 7.11 Å². The number of hydrogen-bond donors (Lipinski definition) is 1. The topological polar surface area (TPSA) is 86.1 Å². The number of ether oxygens (including phenoxy) is 1. The van der Waals surface area contributed by atoms with E-state index >= 15 is 0 Å². The molecule has 0 spiro atoms. The number of anilines is 1. The number of esters is 1. The molecule has 0 unspecified atom stereocenters. The molecule has 7 nitrogen and oxygen atoms in total. The molecule has 1 aromatic heterocycles. The molecule has 0 atom stereocenters. The van der Waals surface area contributed by atoms with E-state index in [2.05, 4.69) is 15.6 Å². The molecule has 26 heavy (non-hydrogen) atoms. The fraction of sp³-hybridized carbons (Fsp3) is 0.158. The van der Waals surface area contributed by atoms with Gasteiger partial charge in [-0.25, -0.2) is 9.48 Å². The molecule has 1 N–H and O–H groups in total. The Balaban J connectivity index is 1.81. The SMILES string of the molecule is COC(=O)c1ccccc1NC(=O)c1nnn(Cc2ccccc2)c1C. The van der Waals surface area contributed by atoms with Crippen molar-refractivity contribution in [3.63, 3.8) is 0 Å². The predicted octanol–water partition coefficient (Wildman–Crippen LogP) is 2.67. The van der Waals surface area contributed by atoms with Crippen molar-refractivity contribution in [2.45, 2.75) is 13.5 Å². The van der Waals surface area contributed by atoms with Gasteiger partial charge in [-0.05, 0) is 24.6 Å². The highest BCUT2D eigenvalue weighted by Gasteiger charge is 2.19. The van der Waals surface area contributed by atoms with Gasteiger partial charge in [0, 0.05) is 0 Å². The molecule has 1 amide bonds. The number of aromatic nitrogens is 3. The summed E-state index contributed by atoms with van der Waals surface area (Å²) in [4.78, 5) is 24.4. The minimum atomic E-state index is -0.523. The highest BCUT2D eigenvalue weighted by molar-refractivity contribution is 6.07. The van der Waals surface area contributed by atoms with Crippen LogP contribution in [0.5, 0.6) is 0 Å². The van der Waals surface area contributed by atoms with Gasteiger partial charge in [-0.1, -0.05) is 47.7 Å². The summed E-state index contributed by atoms with van der Waals surface area (Å²) < 4.78 is 6.40. The zero-order valence-electron chi connectivity index (χ0n) is 14.5. The van der Waals surface area contributed by atoms with E-state index in [-0.39, 0.29) is 11.3 Å². The number of carbonyl (C=O) groups excluding carboxylic acids is 2. The Labute approximate surface area is 150 Å². The van der Waals surface area contributed by atoms with Crippen LogP contribution in [-0.2, 0) is 11.3 Å². The Morgan fingerprint density at radius 3 is 2.50 bits per heavy atom. The second-order valence-electron chi connectivity index (χ2n) is 5.66. The molecule has 1 heterocycles. The number of benzene rings is 2. The third-order valence-corrected chi connectivity index (χ3v) is 3.95. The van der Waals surface area contributed by atoms with Gasteiger partial charge in [-0.3, -0.25) is 4.79 Å². The maximum atomic E-state index is 12.6. The standard InChI is InChI=1S/C19H18N4O3/c1-13-17(21-22-23(13)12-14-8-4-3-5-9-14)18(24)20-16-11-7-6-10-15(16)19(25)26-2/h3-11H,12H2,1-2H3,(H,20,24). The lowest BCUT2D eigenvalue weighted by Crippen LogP contribution is -2.17. The average molecular weight is 350 g/mol. The van der Waals surface area contributed by atoms with Crippen LogP contribution in [0.15, 0.2) is 54.6 Å². The Hall–Kier alpha value is -3.48. The lowest BCUT2D eigenvalue weighted by molar-refractivity contribution is 0.0602. The summed E-state index contributed by atoms with van der Waals surface area (Å²) >= 11 is 0. The lowest BCUT2D eigenvalue weighted by Gasteiger charge is -2.09. The number of rotatable bonds is 5. The van der Waals surface area contributed by atoms with Gasteiger partial charge >= 0.3 is 5.97 Å². The van der Waals surface area contributed by atoms with Crippen molar-refractivity contribution in [3.8, 4) is 0 Å². The largest absolute Gasteiger partial charge is 0.465 e. The van der Waals surface area contributed by atoms with Crippen LogP contribution >= 0.6 is 0 Å². The summed E-state index contributed by atoms with van der Waals surface area (Å²) in [7, 11) is 1.29. The molecule has 0 saturated heterocycles. The summed E-state index contributed by atoms with van der Waals surface area (Å²) in [5.41, 5.74) is 2.55. The predicted molar refractivity (Wildman–Crippen MR) is 96.0 cm³/mol. The van der Waals surface area contributed by atoms with Crippen molar-refractivity contribution in [1.82, 2.24) is 15.0 Å². The van der Waals surface area contributed by atoms with Gasteiger partial charge in [0.25, 0.3) is 5.91 Å². The third kappa shape index (κ3) is 3.61. The second-order valence-corrected chi connectivity index (χ2v) is 5.66. The molecular weight excluding hydrogens is 332 g/mol. The van der Waals surface area contributed by atoms with Crippen LogP contribution in [0.1, 0.15) is 32.1 Å². The lowest BCUT2D eigenvalue weighted by atomic mass is 10.1. The minimum absolute atomic E-state index is 0.209. The molecule has 0 radical (unpaired) electrons. The summed E-state index contributed by atoms with van der Waals surface area (Å²) in [5.74, 6) is -0.955. The molecular formula is C19H18N4O3. The summed E-state index contributed by atoms with van der Waals surface area (Å²) in [6, 6.07) is 16.4. The van der Waals surface area contributed by atoms with Crippen molar-refractivity contribution >= 4 is 17.6 Å². The minimum Gasteiger partial charge on any atom is -0.465 e. The molecule has 132 valence electrons. The monoisotopic (exact) mass is 350 g/mol. The number of amides is 1. The first kappa shape index (κ1) is 17.3. The number of nitrogens with one attached hydrogen (secondary N) is 1. The molecule has 7 heteroatoms. The van der Waals surface area contributed by atoms with E-state index in [9.17, 15) is 9.59 Å². The van der Waals surface area contributed by atoms with E-state index in [0.29, 0.717) is 17.9 Å². The average Bonchev–Trinajstić information content (AvgIpc) is 3.03. The van der Waals surface area contributed by atoms with Crippen molar-refractivity contribution in [2.75, 3.05) is 12.4 Å². The first-order valence-corrected chi connectivity index (χ1v) is 8.03. The van der Waals surface area contributed by atoms with Gasteiger partial charge in [-0.2, -0.15) is 0 Å². The van der Waals surface area contributed by atoms with Crippen LogP contribution in [0.2, 0.25) is 0 Å². The fourth-order valence-corrected chi connectivity index (χ4v) is 2.54. The van der Waals surface area contributed by atoms with Gasteiger partial charge in [0.05, 0.1) is 30.6 Å². The number of para-hydroxylation sites is 1. The van der Waals surface area contributed by atoms with Crippen molar-refractivity contribution < 1.29 is 14.3 Å². The third-order valence-electron chi connectivity index (χ3n) is 3.95. The summed E-state index contributed by atoms with van der Waals surface area (Å²) in [6.45, 7) is 2.30. The normalized spacial score (nSPS) is 10.4. The molecule has 0 saturated carbocycles. The van der Waals surface area contributed by atoms with Gasteiger partial charge in [0.1, 0.15) is 0 Å². The molecule has 3 rings (SSSR count). The zero-order chi connectivity index (χ0) is 18.5. The van der Waals surface area contributed by atoms with Gasteiger partial charge in [0.15, 0.2) is 5.69 Å². The van der Waals surface area contributed by atoms with Crippen LogP contribution < -0.4 is 5.32 Å². The zero-order valence-corrected chi connectivity index (χ0v) is 14.5. The molecule has 3 aromatic rings. The smallest absolute Gasteiger partial charge is 0.339 e. The van der Waals surface area contributed by atoms with Gasteiger partial charge in [0.2, 0.25) is 0 Å². The number of carbonyl (C=O) groups is 2. The van der Waals surface area contributed by atoms with Crippen molar-refractivity contribution in [1.29, 1.82) is 0 Å². The quantitative estimate of drug-likeness (QED) is 0.715. The Bertz CT molecular complexity index is 935. The number of nitrogens with zero attached hydrogens (tertiary/aromatic N) is 3. The number of hydrogen-bond acceptors (Lipinski definition) is 5. The van der Waals surface area contributed by atoms with Crippen LogP contribution in [0.3, 0.4) is 0 Å². The van der Waals surface area contributed by atoms with Gasteiger partial charge in [-0.15, -0.1) is 5.10 Å². The highest BCUT2D eigenvalue weighted by atomic mass is 16.5. The van der Waals surface area contributed by atoms with E-state index < -0.39 is 11.9 Å². The molecule has 0 fully saturated rings. The first-order chi connectivity index (χ1) is 12.6. The van der Waals surface area contributed by atoms with E-state index in [1.807, 2.05) is 30.3 Å². The molecule has 0 aliphatic carbocycles. The Morgan fingerprint density at radius 2 is 1.77 bits per heavy atom. The van der Waals surface area contributed by atoms with Crippen LogP contribution in [0.25, 0.3) is 0 Å². The maximum absolute atomic E-state index is 12.6. The molecule has 0 aliphatic heterocycles. The summed E-state index contributed by atoms with van der Waals surface area (Å²) in [5, 5.41) is 10.8. The first-order valence-electron chi connectivity index (χ1n) is 8.03. The van der Waals surface area contributed by atoms with E-state index in [0.717, 1.165) is 5.56 Å². The molecule has 2 aromatic carbocycles. The number of methoxy groups -OCH3 is 1. The fourth-order valence-electron chi connectivity index (χ4n) is 2.54. The van der Waals surface area contributed by atoms with Crippen LogP contribution in [0.4, 0.5) is 5.69 Å². The van der Waals surface area contributed by atoms with E-state index in [1.54, 1.807) is 35.9 Å². The Morgan fingerprint density at radius 1 is 1.08 bits per heavy atom. The maximum Gasteiger partial charge on any atom is 0.339 e. The highest BCUT2D eigenvalue weighted by Crippen LogP contribution is 2.18. The van der Waals surface area contributed by atoms with Crippen molar-refractivity contribution in [2.24, 2.45) is 0 Å². The second kappa shape index (κ2) is 7.60. The molecule has 0 aliphatic rings. The van der Waals surface area contributed by atoms with Gasteiger partial charge < -0.3 is 10.1 Å². The van der Waals surface area contributed by atoms with Crippen LogP contribution in [0, 0.1) is 6.92 Å². The summed E-state index contributed by atoms with van der Waals surface area (Å²) in [6.07, 6.45) is 0. The Kier molecular flexibility index (Phi) is 5.07. The molecule has 0 bridgehead atoms.